The fourth-order valence-electron chi connectivity index (χ4n) is 4.48. The standard InChI is InChI=1S/C27H29N3O3/c1-4-31-23-12-8-6-10-18(23)14-19-16-30(3)17-22-25(21(15-28)27(29)33-26(19)22)20-11-7-9-13-24(20)32-5-2/h6-14,25H,4-5,16-17,29H2,1-3H3/b19-14+. The van der Waals surface area contributed by atoms with Gasteiger partial charge in [-0.25, -0.2) is 0 Å². The second-order valence-electron chi connectivity index (χ2n) is 8.06. The first-order chi connectivity index (χ1) is 16.1. The van der Waals surface area contributed by atoms with Crippen molar-refractivity contribution in [3.63, 3.8) is 0 Å². The molecule has 6 nitrogen and oxygen atoms in total. The Balaban J connectivity index is 1.88. The van der Waals surface area contributed by atoms with Crippen LogP contribution in [-0.4, -0.2) is 38.3 Å². The number of ether oxygens (including phenoxy) is 3. The van der Waals surface area contributed by atoms with Crippen molar-refractivity contribution in [3.8, 4) is 17.6 Å². The summed E-state index contributed by atoms with van der Waals surface area (Å²) in [7, 11) is 2.06. The maximum Gasteiger partial charge on any atom is 0.205 e. The van der Waals surface area contributed by atoms with Crippen molar-refractivity contribution in [3.05, 3.63) is 88.0 Å². The summed E-state index contributed by atoms with van der Waals surface area (Å²) in [6.07, 6.45) is 2.09. The molecule has 0 saturated heterocycles. The van der Waals surface area contributed by atoms with E-state index in [4.69, 9.17) is 19.9 Å². The number of nitrogens with two attached hydrogens (primary N) is 1. The lowest BCUT2D eigenvalue weighted by Crippen LogP contribution is -2.36. The van der Waals surface area contributed by atoms with Crippen molar-refractivity contribution in [1.82, 2.24) is 4.90 Å². The van der Waals surface area contributed by atoms with E-state index in [0.717, 1.165) is 39.5 Å². The Morgan fingerprint density at radius 3 is 2.45 bits per heavy atom. The van der Waals surface area contributed by atoms with Crippen LogP contribution >= 0.6 is 0 Å². The lowest BCUT2D eigenvalue weighted by molar-refractivity contribution is 0.250. The summed E-state index contributed by atoms with van der Waals surface area (Å²) < 4.78 is 17.8. The fraction of sp³-hybridized carbons (Fsp3) is 0.296. The molecule has 2 aromatic rings. The van der Waals surface area contributed by atoms with Crippen molar-refractivity contribution < 1.29 is 14.2 Å². The van der Waals surface area contributed by atoms with Gasteiger partial charge in [-0.15, -0.1) is 0 Å². The summed E-state index contributed by atoms with van der Waals surface area (Å²) in [4.78, 5) is 2.21. The Morgan fingerprint density at radius 2 is 1.73 bits per heavy atom. The number of rotatable bonds is 6. The molecule has 0 aromatic heterocycles. The zero-order chi connectivity index (χ0) is 23.4. The second kappa shape index (κ2) is 9.85. The summed E-state index contributed by atoms with van der Waals surface area (Å²) in [6, 6.07) is 18.1. The Labute approximate surface area is 195 Å². The smallest absolute Gasteiger partial charge is 0.205 e. The molecule has 170 valence electrons. The zero-order valence-corrected chi connectivity index (χ0v) is 19.3. The molecule has 2 heterocycles. The van der Waals surface area contributed by atoms with Gasteiger partial charge in [-0.1, -0.05) is 36.4 Å². The predicted molar refractivity (Wildman–Crippen MR) is 128 cm³/mol. The molecule has 1 atom stereocenters. The lowest BCUT2D eigenvalue weighted by atomic mass is 9.80. The summed E-state index contributed by atoms with van der Waals surface area (Å²) in [5.41, 5.74) is 10.6. The molecular formula is C27H29N3O3. The summed E-state index contributed by atoms with van der Waals surface area (Å²) >= 11 is 0. The highest BCUT2D eigenvalue weighted by molar-refractivity contribution is 5.66. The van der Waals surface area contributed by atoms with E-state index in [1.54, 1.807) is 0 Å². The van der Waals surface area contributed by atoms with E-state index in [-0.39, 0.29) is 11.8 Å². The van der Waals surface area contributed by atoms with Crippen LogP contribution in [0.2, 0.25) is 0 Å². The molecule has 2 aliphatic heterocycles. The van der Waals surface area contributed by atoms with Crippen molar-refractivity contribution in [2.45, 2.75) is 19.8 Å². The minimum absolute atomic E-state index is 0.140. The minimum atomic E-state index is -0.338. The summed E-state index contributed by atoms with van der Waals surface area (Å²) in [6.45, 7) is 6.39. The van der Waals surface area contributed by atoms with Crippen LogP contribution in [-0.2, 0) is 4.74 Å². The van der Waals surface area contributed by atoms with E-state index in [9.17, 15) is 5.26 Å². The van der Waals surface area contributed by atoms with Crippen LogP contribution in [0, 0.1) is 11.3 Å². The van der Waals surface area contributed by atoms with Gasteiger partial charge < -0.3 is 19.9 Å². The van der Waals surface area contributed by atoms with E-state index < -0.39 is 0 Å². The maximum absolute atomic E-state index is 9.99. The molecule has 1 unspecified atom stereocenters. The molecule has 0 saturated carbocycles. The summed E-state index contributed by atoms with van der Waals surface area (Å²) in [5.74, 6) is 2.10. The quantitative estimate of drug-likeness (QED) is 0.704. The van der Waals surface area contributed by atoms with Crippen LogP contribution in [0.25, 0.3) is 6.08 Å². The van der Waals surface area contributed by atoms with E-state index in [1.807, 2.05) is 62.4 Å². The largest absolute Gasteiger partial charge is 0.494 e. The first-order valence-electron chi connectivity index (χ1n) is 11.2. The van der Waals surface area contributed by atoms with Crippen molar-refractivity contribution in [1.29, 1.82) is 5.26 Å². The molecule has 0 aliphatic carbocycles. The molecule has 33 heavy (non-hydrogen) atoms. The highest BCUT2D eigenvalue weighted by Gasteiger charge is 2.38. The normalized spacial score (nSPS) is 19.7. The van der Waals surface area contributed by atoms with E-state index in [2.05, 4.69) is 24.1 Å². The van der Waals surface area contributed by atoms with Crippen LogP contribution in [0.3, 0.4) is 0 Å². The second-order valence-corrected chi connectivity index (χ2v) is 8.06. The van der Waals surface area contributed by atoms with Crippen molar-refractivity contribution in [2.75, 3.05) is 33.4 Å². The van der Waals surface area contributed by atoms with Gasteiger partial charge in [0, 0.05) is 29.8 Å². The SMILES string of the molecule is CCOc1ccccc1/C=C1\CN(C)CC2=C1OC(N)=C(C#N)C2c1ccccc1OCC. The Bertz CT molecular complexity index is 1170. The lowest BCUT2D eigenvalue weighted by Gasteiger charge is -2.37. The number of hydrogen-bond donors (Lipinski definition) is 1. The van der Waals surface area contributed by atoms with Gasteiger partial charge in [0.05, 0.1) is 19.1 Å². The zero-order valence-electron chi connectivity index (χ0n) is 19.3. The highest BCUT2D eigenvalue weighted by Crippen LogP contribution is 2.46. The monoisotopic (exact) mass is 443 g/mol. The Morgan fingerprint density at radius 1 is 1.06 bits per heavy atom. The molecule has 6 heteroatoms. The van der Waals surface area contributed by atoms with Gasteiger partial charge in [0.1, 0.15) is 28.9 Å². The third kappa shape index (κ3) is 4.46. The minimum Gasteiger partial charge on any atom is -0.494 e. The van der Waals surface area contributed by atoms with E-state index in [1.165, 1.54) is 0 Å². The average Bonchev–Trinajstić information content (AvgIpc) is 2.81. The number of hydrogen-bond acceptors (Lipinski definition) is 6. The average molecular weight is 444 g/mol. The van der Waals surface area contributed by atoms with E-state index >= 15 is 0 Å². The van der Waals surface area contributed by atoms with Crippen LogP contribution < -0.4 is 15.2 Å². The number of para-hydroxylation sites is 2. The van der Waals surface area contributed by atoms with Crippen molar-refractivity contribution >= 4 is 6.08 Å². The third-order valence-corrected chi connectivity index (χ3v) is 5.78. The van der Waals surface area contributed by atoms with Gasteiger partial charge in [0.25, 0.3) is 0 Å². The van der Waals surface area contributed by atoms with Gasteiger partial charge in [-0.2, -0.15) is 5.26 Å². The maximum atomic E-state index is 9.99. The van der Waals surface area contributed by atoms with E-state index in [0.29, 0.717) is 31.9 Å². The molecule has 0 amide bonds. The number of nitriles is 1. The van der Waals surface area contributed by atoms with Crippen LogP contribution in [0.4, 0.5) is 0 Å². The molecule has 2 N–H and O–H groups in total. The third-order valence-electron chi connectivity index (χ3n) is 5.78. The topological polar surface area (TPSA) is 80.7 Å². The molecular weight excluding hydrogens is 414 g/mol. The van der Waals surface area contributed by atoms with Gasteiger partial charge >= 0.3 is 0 Å². The molecule has 2 aromatic carbocycles. The van der Waals surface area contributed by atoms with Gasteiger partial charge in [-0.05, 0) is 44.7 Å². The van der Waals surface area contributed by atoms with Gasteiger partial charge in [-0.3, -0.25) is 4.90 Å². The number of benzene rings is 2. The summed E-state index contributed by atoms with van der Waals surface area (Å²) in [5, 5.41) is 9.99. The van der Waals surface area contributed by atoms with Crippen LogP contribution in [0.1, 0.15) is 30.9 Å². The first kappa shape index (κ1) is 22.5. The number of likely N-dealkylation sites (N-methyl/N-ethyl adjacent to an activating group) is 1. The predicted octanol–water partition coefficient (Wildman–Crippen LogP) is 4.57. The first-order valence-corrected chi connectivity index (χ1v) is 11.2. The van der Waals surface area contributed by atoms with Crippen LogP contribution in [0.5, 0.6) is 11.5 Å². The Hall–Kier alpha value is -3.69. The van der Waals surface area contributed by atoms with Gasteiger partial charge in [0.15, 0.2) is 0 Å². The number of nitrogens with zero attached hydrogens (tertiary/aromatic N) is 2. The Kier molecular flexibility index (Phi) is 6.71. The molecule has 4 rings (SSSR count). The fourth-order valence-corrected chi connectivity index (χ4v) is 4.48. The number of allylic oxidation sites excluding steroid dienone is 1. The molecule has 0 bridgehead atoms. The molecule has 0 spiro atoms. The highest BCUT2D eigenvalue weighted by atomic mass is 16.5. The molecule has 2 aliphatic rings. The van der Waals surface area contributed by atoms with Gasteiger partial charge in [0.2, 0.25) is 5.88 Å². The van der Waals surface area contributed by atoms with Crippen LogP contribution in [0.15, 0.2) is 76.9 Å². The molecule has 0 radical (unpaired) electrons. The molecule has 0 fully saturated rings. The van der Waals surface area contributed by atoms with Crippen molar-refractivity contribution in [2.24, 2.45) is 5.73 Å².